The summed E-state index contributed by atoms with van der Waals surface area (Å²) < 4.78 is 1.77. The van der Waals surface area contributed by atoms with Crippen molar-refractivity contribution in [2.75, 3.05) is 19.7 Å². The van der Waals surface area contributed by atoms with Gasteiger partial charge in [-0.05, 0) is 24.5 Å². The number of rotatable bonds is 6. The highest BCUT2D eigenvalue weighted by molar-refractivity contribution is 6.09. The molecule has 1 amide bonds. The van der Waals surface area contributed by atoms with Crippen LogP contribution in [0.5, 0.6) is 0 Å². The van der Waals surface area contributed by atoms with Gasteiger partial charge in [-0.3, -0.25) is 14.5 Å². The molecule has 33 heavy (non-hydrogen) atoms. The summed E-state index contributed by atoms with van der Waals surface area (Å²) in [5.74, 6) is 0.391. The Morgan fingerprint density at radius 3 is 2.55 bits per heavy atom. The first-order valence-electron chi connectivity index (χ1n) is 10.8. The zero-order valence-corrected chi connectivity index (χ0v) is 18.5. The Labute approximate surface area is 192 Å². The normalized spacial score (nSPS) is 15.3. The minimum absolute atomic E-state index is 0.109. The highest BCUT2D eigenvalue weighted by Gasteiger charge is 2.21. The predicted molar refractivity (Wildman–Crippen MR) is 127 cm³/mol. The summed E-state index contributed by atoms with van der Waals surface area (Å²) in [6, 6.07) is 8.14. The molecule has 0 atom stereocenters. The number of carbonyl (C=O) groups excluding carboxylic acids is 1. The molecule has 0 aliphatic carbocycles. The maximum Gasteiger partial charge on any atom is 0.248 e. The van der Waals surface area contributed by atoms with Gasteiger partial charge in [0, 0.05) is 73.4 Å². The zero-order valence-electron chi connectivity index (χ0n) is 18.5. The Balaban J connectivity index is 1.43. The smallest absolute Gasteiger partial charge is 0.248 e. The average Bonchev–Trinajstić information content (AvgIpc) is 3.31. The SMILES string of the molecule is Cn1cc(-c2cccc(-c3ncc(C(C=NC4CCN(C(=O)CO)CC4)=CN)cn3)c2)cn1. The molecule has 1 saturated heterocycles. The molecule has 3 N–H and O–H groups in total. The average molecular weight is 446 g/mol. The molecule has 0 spiro atoms. The van der Waals surface area contributed by atoms with Gasteiger partial charge in [0.1, 0.15) is 6.61 Å². The first kappa shape index (κ1) is 22.3. The minimum atomic E-state index is -0.447. The topological polar surface area (TPSA) is 123 Å². The summed E-state index contributed by atoms with van der Waals surface area (Å²) in [4.78, 5) is 27.0. The molecule has 1 aliphatic heterocycles. The maximum absolute atomic E-state index is 11.6. The second-order valence-corrected chi connectivity index (χ2v) is 7.95. The highest BCUT2D eigenvalue weighted by Crippen LogP contribution is 2.24. The number of hydrogen-bond donors (Lipinski definition) is 2. The van der Waals surface area contributed by atoms with Crippen LogP contribution in [0.2, 0.25) is 0 Å². The molecule has 9 heteroatoms. The number of aliphatic hydroxyl groups excluding tert-OH is 1. The van der Waals surface area contributed by atoms with Gasteiger partial charge in [-0.25, -0.2) is 9.97 Å². The number of nitrogens with zero attached hydrogens (tertiary/aromatic N) is 6. The Morgan fingerprint density at radius 1 is 1.18 bits per heavy atom. The number of aryl methyl sites for hydroxylation is 1. The van der Waals surface area contributed by atoms with Crippen molar-refractivity contribution in [3.8, 4) is 22.5 Å². The van der Waals surface area contributed by atoms with Gasteiger partial charge in [0.05, 0.1) is 12.2 Å². The van der Waals surface area contributed by atoms with E-state index in [2.05, 4.69) is 20.1 Å². The molecule has 0 bridgehead atoms. The van der Waals surface area contributed by atoms with Gasteiger partial charge >= 0.3 is 0 Å². The second kappa shape index (κ2) is 10.2. The first-order chi connectivity index (χ1) is 16.1. The van der Waals surface area contributed by atoms with Gasteiger partial charge in [0.15, 0.2) is 5.82 Å². The first-order valence-corrected chi connectivity index (χ1v) is 10.8. The summed E-state index contributed by atoms with van der Waals surface area (Å²) in [5.41, 5.74) is 10.4. The van der Waals surface area contributed by atoms with Gasteiger partial charge in [0.25, 0.3) is 0 Å². The van der Waals surface area contributed by atoms with Gasteiger partial charge in [0.2, 0.25) is 5.91 Å². The molecule has 2 aromatic heterocycles. The van der Waals surface area contributed by atoms with E-state index in [0.29, 0.717) is 18.9 Å². The Hall–Kier alpha value is -3.85. The largest absolute Gasteiger partial charge is 0.404 e. The highest BCUT2D eigenvalue weighted by atomic mass is 16.3. The van der Waals surface area contributed by atoms with Gasteiger partial charge in [-0.2, -0.15) is 5.10 Å². The van der Waals surface area contributed by atoms with Crippen LogP contribution in [0.3, 0.4) is 0 Å². The third kappa shape index (κ3) is 5.32. The Kier molecular flexibility index (Phi) is 6.89. The van der Waals surface area contributed by atoms with Crippen LogP contribution in [0.15, 0.2) is 60.2 Å². The Bertz CT molecular complexity index is 1160. The van der Waals surface area contributed by atoms with Crippen LogP contribution >= 0.6 is 0 Å². The molecule has 1 aliphatic rings. The Morgan fingerprint density at radius 2 is 1.91 bits per heavy atom. The van der Waals surface area contributed by atoms with E-state index < -0.39 is 6.61 Å². The fraction of sp³-hybridized carbons (Fsp3) is 0.292. The third-order valence-corrected chi connectivity index (χ3v) is 5.70. The van der Waals surface area contributed by atoms with E-state index in [-0.39, 0.29) is 11.9 Å². The van der Waals surface area contributed by atoms with Crippen molar-refractivity contribution in [3.63, 3.8) is 0 Å². The summed E-state index contributed by atoms with van der Waals surface area (Å²) in [7, 11) is 1.89. The molecule has 0 unspecified atom stereocenters. The molecule has 3 aromatic rings. The number of hydrogen-bond acceptors (Lipinski definition) is 7. The van der Waals surface area contributed by atoms with Crippen LogP contribution in [0, 0.1) is 0 Å². The summed E-state index contributed by atoms with van der Waals surface area (Å²) >= 11 is 0. The van der Waals surface area contributed by atoms with E-state index in [9.17, 15) is 4.79 Å². The van der Waals surface area contributed by atoms with E-state index in [1.165, 1.54) is 6.20 Å². The molecular formula is C24H27N7O2. The molecule has 1 fully saturated rings. The number of carbonyl (C=O) groups is 1. The lowest BCUT2D eigenvalue weighted by atomic mass is 10.0. The number of nitrogens with two attached hydrogens (primary N) is 1. The van der Waals surface area contributed by atoms with Crippen molar-refractivity contribution in [3.05, 3.63) is 60.8 Å². The molecule has 1 aromatic carbocycles. The molecule has 0 radical (unpaired) electrons. The number of piperidine rings is 1. The van der Waals surface area contributed by atoms with Crippen molar-refractivity contribution in [1.82, 2.24) is 24.6 Å². The summed E-state index contributed by atoms with van der Waals surface area (Å²) in [5, 5.41) is 13.2. The number of aliphatic hydroxyl groups is 1. The van der Waals surface area contributed by atoms with Crippen molar-refractivity contribution in [2.24, 2.45) is 17.8 Å². The summed E-state index contributed by atoms with van der Waals surface area (Å²) in [6.45, 7) is 0.746. The molecular weight excluding hydrogens is 418 g/mol. The molecule has 0 saturated carbocycles. The van der Waals surface area contributed by atoms with E-state index in [1.54, 1.807) is 28.2 Å². The van der Waals surface area contributed by atoms with Crippen molar-refractivity contribution in [2.45, 2.75) is 18.9 Å². The maximum atomic E-state index is 11.6. The lowest BCUT2D eigenvalue weighted by Crippen LogP contribution is -2.41. The van der Waals surface area contributed by atoms with Gasteiger partial charge < -0.3 is 15.7 Å². The van der Waals surface area contributed by atoms with E-state index in [0.717, 1.165) is 40.7 Å². The predicted octanol–water partition coefficient (Wildman–Crippen LogP) is 1.90. The van der Waals surface area contributed by atoms with Crippen LogP contribution in [0.25, 0.3) is 28.1 Å². The number of likely N-dealkylation sites (tertiary alicyclic amines) is 1. The van der Waals surface area contributed by atoms with Crippen LogP contribution in [-0.2, 0) is 11.8 Å². The van der Waals surface area contributed by atoms with Gasteiger partial charge in [-0.1, -0.05) is 18.2 Å². The lowest BCUT2D eigenvalue weighted by Gasteiger charge is -2.29. The van der Waals surface area contributed by atoms with Crippen LogP contribution in [0.1, 0.15) is 18.4 Å². The number of allylic oxidation sites excluding steroid dienone is 1. The van der Waals surface area contributed by atoms with E-state index in [4.69, 9.17) is 10.8 Å². The lowest BCUT2D eigenvalue weighted by molar-refractivity contribution is -0.135. The summed E-state index contributed by atoms with van der Waals surface area (Å²) in [6.07, 6.45) is 12.0. The minimum Gasteiger partial charge on any atom is -0.404 e. The van der Waals surface area contributed by atoms with Crippen molar-refractivity contribution < 1.29 is 9.90 Å². The van der Waals surface area contributed by atoms with Crippen molar-refractivity contribution in [1.29, 1.82) is 0 Å². The number of aromatic nitrogens is 4. The van der Waals surface area contributed by atoms with Gasteiger partial charge in [-0.15, -0.1) is 0 Å². The van der Waals surface area contributed by atoms with E-state index in [1.807, 2.05) is 43.7 Å². The number of aliphatic imine (C=N–C) groups is 1. The molecule has 3 heterocycles. The number of benzene rings is 1. The quantitative estimate of drug-likeness (QED) is 0.559. The fourth-order valence-electron chi connectivity index (χ4n) is 3.80. The standard InChI is InChI=1S/C24H27N7O2/c1-30-15-21(14-29-30)17-3-2-4-18(9-17)24-27-12-20(13-28-24)19(10-25)11-26-22-5-7-31(8-6-22)23(33)16-32/h2-4,9-15,22,32H,5-8,16,25H2,1H3. The fourth-order valence-corrected chi connectivity index (χ4v) is 3.80. The molecule has 170 valence electrons. The third-order valence-electron chi connectivity index (χ3n) is 5.70. The van der Waals surface area contributed by atoms with Crippen LogP contribution in [0.4, 0.5) is 0 Å². The van der Waals surface area contributed by atoms with Crippen LogP contribution in [-0.4, -0.2) is 67.6 Å². The zero-order chi connectivity index (χ0) is 23.2. The van der Waals surface area contributed by atoms with Crippen LogP contribution < -0.4 is 5.73 Å². The molecule has 9 nitrogen and oxygen atoms in total. The molecule has 4 rings (SSSR count). The monoisotopic (exact) mass is 445 g/mol. The number of amides is 1. The van der Waals surface area contributed by atoms with Crippen molar-refractivity contribution >= 4 is 17.7 Å². The van der Waals surface area contributed by atoms with E-state index >= 15 is 0 Å². The second-order valence-electron chi connectivity index (χ2n) is 7.95.